The van der Waals surface area contributed by atoms with Gasteiger partial charge in [0.1, 0.15) is 0 Å². The highest BCUT2D eigenvalue weighted by Gasteiger charge is 2.64. The molecule has 1 aromatic heterocycles. The third-order valence-electron chi connectivity index (χ3n) is 1.35. The second-order valence-electron chi connectivity index (χ2n) is 2.34. The lowest BCUT2D eigenvalue weighted by atomic mass is 10.2. The van der Waals surface area contributed by atoms with Gasteiger partial charge in [-0.05, 0) is 0 Å². The summed E-state index contributed by atoms with van der Waals surface area (Å²) in [6.07, 6.45) is -4.03. The minimum Gasteiger partial charge on any atom is -0.342 e. The van der Waals surface area contributed by atoms with Crippen LogP contribution in [0, 0.1) is 0 Å². The summed E-state index contributed by atoms with van der Waals surface area (Å²) in [5, 5.41) is 0. The Balaban J connectivity index is 3.01. The Morgan fingerprint density at radius 2 is 1.86 bits per heavy atom. The van der Waals surface area contributed by atoms with Crippen molar-refractivity contribution in [1.82, 2.24) is 9.97 Å². The van der Waals surface area contributed by atoms with Gasteiger partial charge in [-0.2, -0.15) is 22.0 Å². The molecule has 0 saturated heterocycles. The van der Waals surface area contributed by atoms with Gasteiger partial charge in [0.25, 0.3) is 5.78 Å². The van der Waals surface area contributed by atoms with E-state index in [4.69, 9.17) is 0 Å². The first-order valence-electron chi connectivity index (χ1n) is 3.25. The van der Waals surface area contributed by atoms with E-state index >= 15 is 0 Å². The molecular weight excluding hydrogens is 211 g/mol. The molecule has 8 heteroatoms. The minimum atomic E-state index is -5.91. The predicted molar refractivity (Wildman–Crippen MR) is 33.9 cm³/mol. The number of nitrogens with one attached hydrogen (secondary N) is 1. The van der Waals surface area contributed by atoms with E-state index in [1.165, 1.54) is 0 Å². The molecule has 1 rings (SSSR count). The van der Waals surface area contributed by atoms with Gasteiger partial charge in [-0.1, -0.05) is 0 Å². The molecule has 0 unspecified atom stereocenters. The molecule has 0 fully saturated rings. The molecule has 0 atom stereocenters. The van der Waals surface area contributed by atoms with Crippen LogP contribution in [0.1, 0.15) is 10.6 Å². The van der Waals surface area contributed by atoms with Crippen LogP contribution in [0.2, 0.25) is 0 Å². The van der Waals surface area contributed by atoms with Crippen molar-refractivity contribution < 1.29 is 26.7 Å². The summed E-state index contributed by atoms with van der Waals surface area (Å²) in [4.78, 5) is 15.5. The molecule has 1 N–H and O–H groups in total. The summed E-state index contributed by atoms with van der Waals surface area (Å²) in [6, 6.07) is 0. The molecule has 0 amide bonds. The van der Waals surface area contributed by atoms with Crippen LogP contribution < -0.4 is 0 Å². The average molecular weight is 214 g/mol. The lowest BCUT2D eigenvalue weighted by Gasteiger charge is -2.16. The monoisotopic (exact) mass is 214 g/mol. The van der Waals surface area contributed by atoms with E-state index < -0.39 is 23.7 Å². The molecule has 1 aromatic rings. The lowest BCUT2D eigenvalue weighted by Crippen LogP contribution is -2.44. The van der Waals surface area contributed by atoms with E-state index in [1.54, 1.807) is 0 Å². The van der Waals surface area contributed by atoms with Gasteiger partial charge in [-0.15, -0.1) is 0 Å². The van der Waals surface area contributed by atoms with E-state index in [2.05, 4.69) is 4.98 Å². The fraction of sp³-hybridized carbons (Fsp3) is 0.333. The maximum Gasteiger partial charge on any atom is 0.461 e. The van der Waals surface area contributed by atoms with Crippen molar-refractivity contribution in [2.75, 3.05) is 0 Å². The third-order valence-corrected chi connectivity index (χ3v) is 1.35. The van der Waals surface area contributed by atoms with Gasteiger partial charge in [0.05, 0.1) is 0 Å². The summed E-state index contributed by atoms with van der Waals surface area (Å²) >= 11 is 0. The SMILES string of the molecule is O=C(c1ncc[nH]1)C(F)(F)C(F)(F)F. The van der Waals surface area contributed by atoms with Gasteiger partial charge in [0.2, 0.25) is 0 Å². The van der Waals surface area contributed by atoms with Crippen molar-refractivity contribution in [2.45, 2.75) is 12.1 Å². The first-order valence-corrected chi connectivity index (χ1v) is 3.25. The predicted octanol–water partition coefficient (Wildman–Crippen LogP) is 1.79. The number of carbonyl (C=O) groups excluding carboxylic acids is 1. The zero-order valence-corrected chi connectivity index (χ0v) is 6.40. The quantitative estimate of drug-likeness (QED) is 0.602. The van der Waals surface area contributed by atoms with Gasteiger partial charge in [-0.3, -0.25) is 4.79 Å². The highest BCUT2D eigenvalue weighted by Crippen LogP contribution is 2.37. The van der Waals surface area contributed by atoms with Gasteiger partial charge in [0, 0.05) is 12.4 Å². The second-order valence-corrected chi connectivity index (χ2v) is 2.34. The van der Waals surface area contributed by atoms with Crippen molar-refractivity contribution in [3.63, 3.8) is 0 Å². The van der Waals surface area contributed by atoms with Gasteiger partial charge in [0.15, 0.2) is 5.82 Å². The molecule has 0 aliphatic rings. The molecule has 78 valence electrons. The van der Waals surface area contributed by atoms with E-state index in [1.807, 2.05) is 4.98 Å². The van der Waals surface area contributed by atoms with Crippen molar-refractivity contribution in [1.29, 1.82) is 0 Å². The highest BCUT2D eigenvalue weighted by molar-refractivity contribution is 5.98. The Kier molecular flexibility index (Phi) is 2.30. The molecule has 3 nitrogen and oxygen atoms in total. The van der Waals surface area contributed by atoms with Crippen molar-refractivity contribution in [3.8, 4) is 0 Å². The number of imidazole rings is 1. The molecule has 1 heterocycles. The standard InChI is InChI=1S/C6H3F5N2O/c7-5(8,6(9,10)11)3(14)4-12-1-2-13-4/h1-2H,(H,12,13). The molecule has 0 aromatic carbocycles. The summed E-state index contributed by atoms with van der Waals surface area (Å²) in [6.45, 7) is 0. The number of H-pyrrole nitrogens is 1. The van der Waals surface area contributed by atoms with Crippen LogP contribution in [0.5, 0.6) is 0 Å². The number of aromatic amines is 1. The van der Waals surface area contributed by atoms with Crippen LogP contribution in [-0.2, 0) is 0 Å². The Morgan fingerprint density at radius 3 is 2.21 bits per heavy atom. The van der Waals surface area contributed by atoms with E-state index in [-0.39, 0.29) is 0 Å². The summed E-state index contributed by atoms with van der Waals surface area (Å²) < 4.78 is 59.7. The highest BCUT2D eigenvalue weighted by atomic mass is 19.4. The Hall–Kier alpha value is -1.47. The van der Waals surface area contributed by atoms with Crippen LogP contribution >= 0.6 is 0 Å². The number of hydrogen-bond acceptors (Lipinski definition) is 2. The van der Waals surface area contributed by atoms with Crippen LogP contribution in [-0.4, -0.2) is 27.9 Å². The maximum absolute atomic E-state index is 12.4. The average Bonchev–Trinajstić information content (AvgIpc) is 2.52. The van der Waals surface area contributed by atoms with Gasteiger partial charge in [-0.25, -0.2) is 4.98 Å². The van der Waals surface area contributed by atoms with Crippen molar-refractivity contribution >= 4 is 5.78 Å². The zero-order valence-electron chi connectivity index (χ0n) is 6.40. The number of halogens is 5. The van der Waals surface area contributed by atoms with E-state index in [9.17, 15) is 26.7 Å². The van der Waals surface area contributed by atoms with Gasteiger partial charge >= 0.3 is 12.1 Å². The Labute approximate surface area is 73.9 Å². The van der Waals surface area contributed by atoms with Gasteiger partial charge < -0.3 is 4.98 Å². The fourth-order valence-electron chi connectivity index (χ4n) is 0.667. The molecule has 14 heavy (non-hydrogen) atoms. The first kappa shape index (κ1) is 10.6. The molecule has 0 aliphatic heterocycles. The summed E-state index contributed by atoms with van der Waals surface area (Å²) in [5.41, 5.74) is 0. The maximum atomic E-state index is 12.4. The smallest absolute Gasteiger partial charge is 0.342 e. The molecule has 0 saturated carbocycles. The first-order chi connectivity index (χ1) is 6.27. The third kappa shape index (κ3) is 1.59. The minimum absolute atomic E-state index is 0.902. The summed E-state index contributed by atoms with van der Waals surface area (Å²) in [7, 11) is 0. The van der Waals surface area contributed by atoms with E-state index in [0.29, 0.717) is 0 Å². The molecular formula is C6H3F5N2O. The summed E-state index contributed by atoms with van der Waals surface area (Å²) in [5.74, 6) is -8.83. The van der Waals surface area contributed by atoms with Crippen LogP contribution in [0.4, 0.5) is 22.0 Å². The zero-order chi connectivity index (χ0) is 11.0. The Morgan fingerprint density at radius 1 is 1.29 bits per heavy atom. The topological polar surface area (TPSA) is 45.8 Å². The number of Topliss-reactive ketones (excluding diaryl/α,β-unsaturated/α-hetero) is 1. The number of carbonyl (C=O) groups is 1. The number of ketones is 1. The largest absolute Gasteiger partial charge is 0.461 e. The number of nitrogens with zero attached hydrogens (tertiary/aromatic N) is 1. The molecule has 0 aliphatic carbocycles. The van der Waals surface area contributed by atoms with E-state index in [0.717, 1.165) is 12.4 Å². The normalized spacial score (nSPS) is 12.9. The molecule has 0 bridgehead atoms. The Bertz CT molecular complexity index is 328. The number of hydrogen-bond donors (Lipinski definition) is 1. The molecule has 0 radical (unpaired) electrons. The lowest BCUT2D eigenvalue weighted by molar-refractivity contribution is -0.256. The fourth-order valence-corrected chi connectivity index (χ4v) is 0.667. The number of rotatable bonds is 2. The van der Waals surface area contributed by atoms with Crippen LogP contribution in [0.15, 0.2) is 12.4 Å². The van der Waals surface area contributed by atoms with Crippen molar-refractivity contribution in [3.05, 3.63) is 18.2 Å². The van der Waals surface area contributed by atoms with Crippen LogP contribution in [0.3, 0.4) is 0 Å². The van der Waals surface area contributed by atoms with Crippen molar-refractivity contribution in [2.24, 2.45) is 0 Å². The number of aromatic nitrogens is 2. The van der Waals surface area contributed by atoms with Crippen LogP contribution in [0.25, 0.3) is 0 Å². The second kappa shape index (κ2) is 3.03. The number of alkyl halides is 5. The molecule has 0 spiro atoms.